The Morgan fingerprint density at radius 2 is 1.69 bits per heavy atom. The number of alkyl halides is 1. The van der Waals surface area contributed by atoms with Crippen molar-refractivity contribution in [2.45, 2.75) is 101 Å². The summed E-state index contributed by atoms with van der Waals surface area (Å²) in [6.07, 6.45) is 9.93. The van der Waals surface area contributed by atoms with Crippen LogP contribution < -0.4 is 0 Å². The molecule has 0 saturated carbocycles. The van der Waals surface area contributed by atoms with E-state index in [1.165, 1.54) is 18.4 Å². The first-order valence-corrected chi connectivity index (χ1v) is 14.6. The minimum atomic E-state index is -1.44. The first kappa shape index (κ1) is 32.0. The number of imidazole rings is 1. The molecule has 3 heteroatoms. The van der Waals surface area contributed by atoms with Gasteiger partial charge in [-0.3, -0.25) is 4.40 Å². The van der Waals surface area contributed by atoms with Gasteiger partial charge in [0.05, 0.1) is 17.4 Å². The van der Waals surface area contributed by atoms with Crippen LogP contribution in [0.15, 0.2) is 72.5 Å². The van der Waals surface area contributed by atoms with E-state index in [0.29, 0.717) is 12.0 Å². The van der Waals surface area contributed by atoms with Gasteiger partial charge in [0.25, 0.3) is 0 Å². The molecule has 0 saturated heterocycles. The van der Waals surface area contributed by atoms with E-state index in [2.05, 4.69) is 69.0 Å². The number of aryl methyl sites for hydroxylation is 1. The molecule has 0 amide bonds. The van der Waals surface area contributed by atoms with Crippen LogP contribution in [0.4, 0.5) is 4.39 Å². The van der Waals surface area contributed by atoms with Crippen molar-refractivity contribution in [1.82, 2.24) is 9.38 Å². The molecule has 1 atom stereocenters. The zero-order chi connectivity index (χ0) is 29.3. The van der Waals surface area contributed by atoms with Crippen molar-refractivity contribution in [3.8, 4) is 0 Å². The van der Waals surface area contributed by atoms with E-state index < -0.39 is 5.67 Å². The van der Waals surface area contributed by atoms with Gasteiger partial charge in [0.2, 0.25) is 0 Å². The molecule has 210 valence electrons. The van der Waals surface area contributed by atoms with Crippen LogP contribution in [0.1, 0.15) is 105 Å². The number of hydrogen-bond acceptors (Lipinski definition) is 1. The van der Waals surface area contributed by atoms with Crippen LogP contribution >= 0.6 is 0 Å². The Labute approximate surface area is 236 Å². The van der Waals surface area contributed by atoms with Crippen LogP contribution in [0.25, 0.3) is 32.9 Å². The zero-order valence-corrected chi connectivity index (χ0v) is 26.0. The summed E-state index contributed by atoms with van der Waals surface area (Å²) in [6, 6.07) is 12.5. The Morgan fingerprint density at radius 1 is 1.03 bits per heavy atom. The summed E-state index contributed by atoms with van der Waals surface area (Å²) >= 11 is 0. The number of allylic oxidation sites excluding steroid dienone is 5. The fraction of sp³-hybridized carbons (Fsp3) is 0.417. The fourth-order valence-electron chi connectivity index (χ4n) is 5.16. The van der Waals surface area contributed by atoms with Crippen molar-refractivity contribution >= 4 is 32.9 Å². The van der Waals surface area contributed by atoms with E-state index >= 15 is 4.39 Å². The zero-order valence-electron chi connectivity index (χ0n) is 26.0. The maximum Gasteiger partial charge on any atom is 0.146 e. The van der Waals surface area contributed by atoms with E-state index in [9.17, 15) is 0 Å². The van der Waals surface area contributed by atoms with E-state index in [-0.39, 0.29) is 0 Å². The predicted molar refractivity (Wildman–Crippen MR) is 172 cm³/mol. The Balaban J connectivity index is 0.000000815. The van der Waals surface area contributed by atoms with Gasteiger partial charge >= 0.3 is 0 Å². The van der Waals surface area contributed by atoms with Gasteiger partial charge in [0, 0.05) is 21.9 Å². The fourth-order valence-corrected chi connectivity index (χ4v) is 5.16. The number of rotatable bonds is 7. The molecule has 4 aromatic rings. The lowest BCUT2D eigenvalue weighted by Crippen LogP contribution is -2.15. The monoisotopic (exact) mass is 528 g/mol. The summed E-state index contributed by atoms with van der Waals surface area (Å²) in [5.41, 5.74) is 6.45. The smallest absolute Gasteiger partial charge is 0.146 e. The molecule has 0 fully saturated rings. The van der Waals surface area contributed by atoms with Crippen molar-refractivity contribution in [3.05, 3.63) is 89.3 Å². The third-order valence-corrected chi connectivity index (χ3v) is 7.01. The molecule has 0 radical (unpaired) electrons. The standard InChI is InChI=1S/C30H33FN2.C4H10.C2H6/c1-8-11-21(6)27(19(3)4)26-18-32-29-28-22(12-10-13-24(28)30(7,31)16-9-2)23-17-20(5)14-15-25(23)33(26)29;1-3-4-2;1-2/h8,10-15,17-18H,3,9,16H2,1-2,4-7H3;3-4H2,1-2H3;1-2H3/b11-8-,27-21+;;. The first-order valence-electron chi connectivity index (χ1n) is 14.6. The average Bonchev–Trinajstić information content (AvgIpc) is 3.34. The van der Waals surface area contributed by atoms with Gasteiger partial charge in [-0.2, -0.15) is 0 Å². The summed E-state index contributed by atoms with van der Waals surface area (Å²) in [7, 11) is 0. The van der Waals surface area contributed by atoms with Gasteiger partial charge in [-0.1, -0.05) is 102 Å². The Hall–Kier alpha value is -3.20. The van der Waals surface area contributed by atoms with Gasteiger partial charge in [0.1, 0.15) is 11.3 Å². The highest BCUT2D eigenvalue weighted by Crippen LogP contribution is 2.41. The summed E-state index contributed by atoms with van der Waals surface area (Å²) < 4.78 is 18.2. The molecule has 0 aliphatic rings. The van der Waals surface area contributed by atoms with Crippen LogP contribution in [0.2, 0.25) is 0 Å². The van der Waals surface area contributed by atoms with Crippen molar-refractivity contribution in [3.63, 3.8) is 0 Å². The Bertz CT molecular complexity index is 1480. The minimum absolute atomic E-state index is 0.467. The normalized spacial score (nSPS) is 13.5. The third kappa shape index (κ3) is 6.69. The molecule has 4 rings (SSSR count). The topological polar surface area (TPSA) is 17.3 Å². The van der Waals surface area contributed by atoms with E-state index in [0.717, 1.165) is 56.2 Å². The summed E-state index contributed by atoms with van der Waals surface area (Å²) in [5.74, 6) is 0. The molecule has 39 heavy (non-hydrogen) atoms. The molecule has 0 bridgehead atoms. The molecular formula is C36H49FN2. The lowest BCUT2D eigenvalue weighted by atomic mass is 9.88. The maximum atomic E-state index is 16.0. The molecule has 1 unspecified atom stereocenters. The quantitative estimate of drug-likeness (QED) is 0.172. The minimum Gasteiger partial charge on any atom is -0.292 e. The molecule has 0 aliphatic carbocycles. The van der Waals surface area contributed by atoms with E-state index in [1.54, 1.807) is 6.92 Å². The molecular weight excluding hydrogens is 479 g/mol. The van der Waals surface area contributed by atoms with Crippen LogP contribution in [-0.4, -0.2) is 9.38 Å². The van der Waals surface area contributed by atoms with Crippen molar-refractivity contribution in [2.24, 2.45) is 0 Å². The van der Waals surface area contributed by atoms with E-state index in [1.807, 2.05) is 59.0 Å². The molecule has 0 N–H and O–H groups in total. The van der Waals surface area contributed by atoms with Crippen LogP contribution in [0.5, 0.6) is 0 Å². The predicted octanol–water partition coefficient (Wildman–Crippen LogP) is 11.7. The lowest BCUT2D eigenvalue weighted by molar-refractivity contribution is 0.177. The summed E-state index contributed by atoms with van der Waals surface area (Å²) in [6.45, 7) is 24.6. The molecule has 2 aromatic heterocycles. The number of nitrogens with zero attached hydrogens (tertiary/aromatic N) is 2. The van der Waals surface area contributed by atoms with Crippen LogP contribution in [-0.2, 0) is 5.67 Å². The van der Waals surface area contributed by atoms with Crippen LogP contribution in [0, 0.1) is 6.92 Å². The third-order valence-electron chi connectivity index (χ3n) is 7.01. The van der Waals surface area contributed by atoms with Gasteiger partial charge in [-0.05, 0) is 69.7 Å². The second-order valence-corrected chi connectivity index (χ2v) is 10.3. The average molecular weight is 529 g/mol. The van der Waals surface area contributed by atoms with E-state index in [4.69, 9.17) is 4.98 Å². The maximum absolute atomic E-state index is 16.0. The van der Waals surface area contributed by atoms with Gasteiger partial charge in [-0.25, -0.2) is 9.37 Å². The summed E-state index contributed by atoms with van der Waals surface area (Å²) in [4.78, 5) is 4.90. The highest BCUT2D eigenvalue weighted by molar-refractivity contribution is 6.14. The number of halogens is 1. The summed E-state index contributed by atoms with van der Waals surface area (Å²) in [5, 5.41) is 3.04. The first-order chi connectivity index (χ1) is 18.6. The molecule has 2 aromatic carbocycles. The second-order valence-electron chi connectivity index (χ2n) is 10.3. The molecule has 2 nitrogen and oxygen atoms in total. The number of unbranched alkanes of at least 4 members (excludes halogenated alkanes) is 1. The Kier molecular flexibility index (Phi) is 11.7. The number of pyridine rings is 1. The number of aromatic nitrogens is 2. The van der Waals surface area contributed by atoms with Gasteiger partial charge in [-0.15, -0.1) is 0 Å². The van der Waals surface area contributed by atoms with Crippen LogP contribution in [0.3, 0.4) is 0 Å². The second kappa shape index (κ2) is 14.3. The molecule has 0 spiro atoms. The SMILES string of the molecule is C=C(C)/C(=C(C)\C=C/C)c1cnc2c3c(C(C)(F)CCC)cccc3c3cc(C)ccc3n12.CC.CCCC. The van der Waals surface area contributed by atoms with Crippen molar-refractivity contribution in [2.75, 3.05) is 0 Å². The van der Waals surface area contributed by atoms with Crippen molar-refractivity contribution in [1.29, 1.82) is 0 Å². The largest absolute Gasteiger partial charge is 0.292 e. The van der Waals surface area contributed by atoms with Gasteiger partial charge in [0.15, 0.2) is 0 Å². The highest BCUT2D eigenvalue weighted by Gasteiger charge is 2.29. The lowest BCUT2D eigenvalue weighted by Gasteiger charge is -2.23. The number of hydrogen-bond donors (Lipinski definition) is 0. The van der Waals surface area contributed by atoms with Gasteiger partial charge < -0.3 is 0 Å². The highest BCUT2D eigenvalue weighted by atomic mass is 19.1. The number of benzene rings is 2. The Morgan fingerprint density at radius 3 is 2.26 bits per heavy atom. The molecule has 0 aliphatic heterocycles. The number of fused-ring (bicyclic) bond motifs is 6. The van der Waals surface area contributed by atoms with Crippen molar-refractivity contribution < 1.29 is 4.39 Å². The molecule has 2 heterocycles.